The molecule has 1 aliphatic rings. The molecule has 1 aromatic carbocycles. The molecule has 0 heterocycles. The Bertz CT molecular complexity index is 508. The zero-order valence-corrected chi connectivity index (χ0v) is 14.6. The fourth-order valence-corrected chi connectivity index (χ4v) is 4.69. The molecule has 0 amide bonds. The smallest absolute Gasteiger partial charge is 0.0642 e. The van der Waals surface area contributed by atoms with Gasteiger partial charge in [-0.25, -0.2) is 0 Å². The lowest BCUT2D eigenvalue weighted by atomic mass is 9.84. The molecule has 0 aliphatic heterocycles. The number of aliphatic hydroxyl groups is 1. The molecule has 0 fully saturated rings. The summed E-state index contributed by atoms with van der Waals surface area (Å²) in [5.41, 5.74) is 4.10. The second-order valence-corrected chi connectivity index (χ2v) is 12.8. The fourth-order valence-electron chi connectivity index (χ4n) is 3.11. The second kappa shape index (κ2) is 7.23. The Kier molecular flexibility index (Phi) is 5.60. The first-order valence-corrected chi connectivity index (χ1v) is 11.7. The summed E-state index contributed by atoms with van der Waals surface area (Å²) in [6, 6.07) is 11.9. The van der Waals surface area contributed by atoms with Crippen LogP contribution in [-0.2, 0) is 0 Å². The van der Waals surface area contributed by atoms with Crippen LogP contribution in [-0.4, -0.2) is 19.8 Å². The third-order valence-corrected chi connectivity index (χ3v) is 5.58. The first kappa shape index (κ1) is 16.3. The molecule has 0 aromatic heterocycles. The number of hydrogen-bond acceptors (Lipinski definition) is 1. The van der Waals surface area contributed by atoms with Crippen LogP contribution in [0.1, 0.15) is 30.7 Å². The summed E-state index contributed by atoms with van der Waals surface area (Å²) < 4.78 is 0. The molecule has 114 valence electrons. The van der Waals surface area contributed by atoms with E-state index in [9.17, 15) is 5.11 Å². The van der Waals surface area contributed by atoms with E-state index in [1.807, 2.05) is 0 Å². The summed E-state index contributed by atoms with van der Waals surface area (Å²) >= 11 is 0. The van der Waals surface area contributed by atoms with E-state index in [1.165, 1.54) is 23.1 Å². The maximum absolute atomic E-state index is 9.58. The van der Waals surface area contributed by atoms with Crippen molar-refractivity contribution in [1.82, 2.24) is 0 Å². The molecule has 1 N–H and O–H groups in total. The van der Waals surface area contributed by atoms with Gasteiger partial charge in [0.2, 0.25) is 0 Å². The van der Waals surface area contributed by atoms with Gasteiger partial charge in [-0.05, 0) is 42.4 Å². The van der Waals surface area contributed by atoms with Gasteiger partial charge in [0, 0.05) is 8.07 Å². The molecular weight excluding hydrogens is 272 g/mol. The number of allylic oxidation sites excluding steroid dienone is 3. The summed E-state index contributed by atoms with van der Waals surface area (Å²) in [5, 5.41) is 9.58. The van der Waals surface area contributed by atoms with Crippen molar-refractivity contribution in [2.24, 2.45) is 0 Å². The van der Waals surface area contributed by atoms with Crippen LogP contribution >= 0.6 is 0 Å². The van der Waals surface area contributed by atoms with Crippen molar-refractivity contribution < 1.29 is 5.11 Å². The highest BCUT2D eigenvalue weighted by Crippen LogP contribution is 2.33. The first-order chi connectivity index (χ1) is 9.98. The van der Waals surface area contributed by atoms with Crippen molar-refractivity contribution in [2.75, 3.05) is 6.61 Å². The van der Waals surface area contributed by atoms with Crippen LogP contribution in [0, 0.1) is 0 Å². The Morgan fingerprint density at radius 2 is 1.95 bits per heavy atom. The summed E-state index contributed by atoms with van der Waals surface area (Å²) in [4.78, 5) is 0. The van der Waals surface area contributed by atoms with Gasteiger partial charge in [0.05, 0.1) is 6.61 Å². The van der Waals surface area contributed by atoms with Gasteiger partial charge in [-0.1, -0.05) is 67.7 Å². The minimum atomic E-state index is -1.15. The second-order valence-electron chi connectivity index (χ2n) is 7.36. The Morgan fingerprint density at radius 3 is 2.48 bits per heavy atom. The molecular formula is C19H28OSi. The highest BCUT2D eigenvalue weighted by Gasteiger charge is 2.18. The van der Waals surface area contributed by atoms with E-state index in [0.717, 1.165) is 18.9 Å². The highest BCUT2D eigenvalue weighted by atomic mass is 28.3. The molecule has 1 atom stereocenters. The number of benzene rings is 1. The number of aliphatic hydroxyl groups excluding tert-OH is 1. The van der Waals surface area contributed by atoms with Gasteiger partial charge < -0.3 is 5.11 Å². The molecule has 0 radical (unpaired) electrons. The third kappa shape index (κ3) is 5.29. The normalized spacial score (nSPS) is 20.3. The van der Waals surface area contributed by atoms with E-state index in [1.54, 1.807) is 0 Å². The minimum Gasteiger partial charge on any atom is -0.392 e. The van der Waals surface area contributed by atoms with Crippen LogP contribution in [0.3, 0.4) is 0 Å². The van der Waals surface area contributed by atoms with E-state index in [4.69, 9.17) is 0 Å². The highest BCUT2D eigenvalue weighted by molar-refractivity contribution is 6.76. The monoisotopic (exact) mass is 300 g/mol. The van der Waals surface area contributed by atoms with Gasteiger partial charge in [-0.2, -0.15) is 0 Å². The van der Waals surface area contributed by atoms with Crippen molar-refractivity contribution in [3.8, 4) is 0 Å². The average Bonchev–Trinajstić information content (AvgIpc) is 2.47. The summed E-state index contributed by atoms with van der Waals surface area (Å²) in [6.45, 7) is 7.29. The third-order valence-electron chi connectivity index (χ3n) is 4.07. The van der Waals surface area contributed by atoms with Crippen molar-refractivity contribution in [1.29, 1.82) is 0 Å². The predicted octanol–water partition coefficient (Wildman–Crippen LogP) is 5.14. The van der Waals surface area contributed by atoms with Crippen molar-refractivity contribution in [3.05, 3.63) is 59.2 Å². The predicted molar refractivity (Wildman–Crippen MR) is 94.4 cm³/mol. The van der Waals surface area contributed by atoms with Gasteiger partial charge in [0.15, 0.2) is 0 Å². The molecule has 0 saturated heterocycles. The average molecular weight is 301 g/mol. The largest absolute Gasteiger partial charge is 0.392 e. The van der Waals surface area contributed by atoms with E-state index in [2.05, 4.69) is 62.1 Å². The van der Waals surface area contributed by atoms with Crippen molar-refractivity contribution in [3.63, 3.8) is 0 Å². The van der Waals surface area contributed by atoms with Crippen LogP contribution in [0.5, 0.6) is 0 Å². The van der Waals surface area contributed by atoms with Gasteiger partial charge in [0.1, 0.15) is 0 Å². The van der Waals surface area contributed by atoms with Gasteiger partial charge in [0.25, 0.3) is 0 Å². The quantitative estimate of drug-likeness (QED) is 0.747. The Morgan fingerprint density at radius 1 is 1.24 bits per heavy atom. The molecule has 1 aliphatic carbocycles. The Labute approximate surface area is 130 Å². The van der Waals surface area contributed by atoms with Crippen molar-refractivity contribution >= 4 is 8.07 Å². The summed E-state index contributed by atoms with van der Waals surface area (Å²) in [7, 11) is -1.15. The Balaban J connectivity index is 2.02. The topological polar surface area (TPSA) is 20.2 Å². The lowest BCUT2D eigenvalue weighted by Crippen LogP contribution is -2.21. The fraction of sp³-hybridized carbons (Fsp3) is 0.474. The van der Waals surface area contributed by atoms with E-state index in [0.29, 0.717) is 5.92 Å². The maximum atomic E-state index is 9.58. The van der Waals surface area contributed by atoms with Crippen LogP contribution in [0.4, 0.5) is 0 Å². The number of rotatable bonds is 5. The van der Waals surface area contributed by atoms with E-state index in [-0.39, 0.29) is 6.61 Å². The lowest BCUT2D eigenvalue weighted by Gasteiger charge is -2.22. The first-order valence-electron chi connectivity index (χ1n) is 8.02. The van der Waals surface area contributed by atoms with Gasteiger partial charge >= 0.3 is 0 Å². The van der Waals surface area contributed by atoms with Gasteiger partial charge in [-0.3, -0.25) is 0 Å². The maximum Gasteiger partial charge on any atom is 0.0642 e. The molecule has 21 heavy (non-hydrogen) atoms. The SMILES string of the molecule is C[Si](C)(C)C/C(=C/C1=CCC(c2ccccc2)CC1)CO. The Hall–Kier alpha value is -1.12. The molecule has 1 aromatic rings. The molecule has 2 heteroatoms. The molecule has 0 spiro atoms. The minimum absolute atomic E-state index is 0.212. The van der Waals surface area contributed by atoms with E-state index < -0.39 is 8.07 Å². The lowest BCUT2D eigenvalue weighted by molar-refractivity contribution is 0.331. The zero-order chi connectivity index (χ0) is 15.3. The van der Waals surface area contributed by atoms with Gasteiger partial charge in [-0.15, -0.1) is 0 Å². The van der Waals surface area contributed by atoms with Crippen LogP contribution in [0.15, 0.2) is 53.6 Å². The summed E-state index contributed by atoms with van der Waals surface area (Å²) in [6.07, 6.45) is 8.12. The van der Waals surface area contributed by atoms with E-state index >= 15 is 0 Å². The van der Waals surface area contributed by atoms with Crippen LogP contribution < -0.4 is 0 Å². The summed E-state index contributed by atoms with van der Waals surface area (Å²) in [5.74, 6) is 0.665. The van der Waals surface area contributed by atoms with Crippen LogP contribution in [0.25, 0.3) is 0 Å². The zero-order valence-electron chi connectivity index (χ0n) is 13.6. The molecule has 0 bridgehead atoms. The molecule has 1 unspecified atom stereocenters. The molecule has 0 saturated carbocycles. The molecule has 2 rings (SSSR count). The van der Waals surface area contributed by atoms with Crippen LogP contribution in [0.2, 0.25) is 25.7 Å². The number of hydrogen-bond donors (Lipinski definition) is 1. The molecule has 1 nitrogen and oxygen atoms in total. The standard InChI is InChI=1S/C19H28OSi/c1-21(2,3)15-17(14-20)13-16-9-11-19(12-10-16)18-7-5-4-6-8-18/h4-9,13,19-20H,10-12,14-15H2,1-3H3/b17-13+. The van der Waals surface area contributed by atoms with Crippen molar-refractivity contribution in [2.45, 2.75) is 50.9 Å².